The number of rotatable bonds is 5. The Labute approximate surface area is 180 Å². The Balaban J connectivity index is 0.000000237. The summed E-state index contributed by atoms with van der Waals surface area (Å²) in [6, 6.07) is 17.3. The molecule has 1 aliphatic rings. The lowest BCUT2D eigenvalue weighted by molar-refractivity contribution is 0.00578. The van der Waals surface area contributed by atoms with Gasteiger partial charge in [0.25, 0.3) is 0 Å². The first-order chi connectivity index (χ1) is 13.2. The van der Waals surface area contributed by atoms with Crippen LogP contribution in [0.2, 0.25) is 0 Å². The van der Waals surface area contributed by atoms with Gasteiger partial charge in [0.15, 0.2) is 0 Å². The molecule has 1 heterocycles. The molecule has 0 N–H and O–H groups in total. The van der Waals surface area contributed by atoms with Gasteiger partial charge in [0.1, 0.15) is 0 Å². The van der Waals surface area contributed by atoms with E-state index in [2.05, 4.69) is 106 Å². The van der Waals surface area contributed by atoms with Crippen LogP contribution in [0.1, 0.15) is 63.8 Å². The fraction of sp³-hybridized carbons (Fsp3) is 0.500. The minimum atomic E-state index is -0.236. The van der Waals surface area contributed by atoms with Gasteiger partial charge in [0.2, 0.25) is 0 Å². The Kier molecular flexibility index (Phi) is 8.36. The molecule has 3 rings (SSSR count). The third-order valence-electron chi connectivity index (χ3n) is 5.66. The Bertz CT molecular complexity index is 723. The molecule has 4 heteroatoms. The fourth-order valence-electron chi connectivity index (χ4n) is 3.15. The normalized spacial score (nSPS) is 17.2. The molecule has 2 nitrogen and oxygen atoms in total. The van der Waals surface area contributed by atoms with Gasteiger partial charge >= 0.3 is 7.12 Å². The lowest BCUT2D eigenvalue weighted by atomic mass is 9.80. The minimum absolute atomic E-state index is 0.137. The van der Waals surface area contributed by atoms with E-state index in [1.54, 1.807) is 0 Å². The monoisotopic (exact) mass is 444 g/mol. The van der Waals surface area contributed by atoms with Crippen molar-refractivity contribution in [2.24, 2.45) is 0 Å². The van der Waals surface area contributed by atoms with Crippen LogP contribution >= 0.6 is 15.9 Å². The smallest absolute Gasteiger partial charge is 0.403 e. The third kappa shape index (κ3) is 6.20. The Morgan fingerprint density at radius 1 is 0.750 bits per heavy atom. The van der Waals surface area contributed by atoms with E-state index < -0.39 is 0 Å². The molecule has 0 atom stereocenters. The van der Waals surface area contributed by atoms with Crippen molar-refractivity contribution in [1.29, 1.82) is 0 Å². The summed E-state index contributed by atoms with van der Waals surface area (Å²) >= 11 is 3.42. The summed E-state index contributed by atoms with van der Waals surface area (Å²) < 4.78 is 12.0. The third-order valence-corrected chi connectivity index (χ3v) is 6.31. The van der Waals surface area contributed by atoms with Gasteiger partial charge < -0.3 is 9.31 Å². The van der Waals surface area contributed by atoms with Crippen LogP contribution in [0.5, 0.6) is 0 Å². The predicted molar refractivity (Wildman–Crippen MR) is 124 cm³/mol. The first-order valence-corrected chi connectivity index (χ1v) is 11.4. The highest BCUT2D eigenvalue weighted by molar-refractivity contribution is 9.08. The summed E-state index contributed by atoms with van der Waals surface area (Å²) in [6.45, 7) is 12.7. The fourth-order valence-corrected chi connectivity index (χ4v) is 3.50. The van der Waals surface area contributed by atoms with Crippen molar-refractivity contribution in [3.63, 3.8) is 0 Å². The molecule has 2 aromatic rings. The average Bonchev–Trinajstić information content (AvgIpc) is 2.88. The molecular weight excluding hydrogens is 411 g/mol. The molecule has 152 valence electrons. The summed E-state index contributed by atoms with van der Waals surface area (Å²) in [5, 5.41) is 0.959. The van der Waals surface area contributed by atoms with E-state index in [-0.39, 0.29) is 18.3 Å². The molecule has 0 aromatic heterocycles. The summed E-state index contributed by atoms with van der Waals surface area (Å²) in [6.07, 6.45) is 3.01. The zero-order chi connectivity index (χ0) is 20.8. The summed E-state index contributed by atoms with van der Waals surface area (Å²) in [5.74, 6) is 0. The average molecular weight is 445 g/mol. The van der Waals surface area contributed by atoms with Gasteiger partial charge in [-0.25, -0.2) is 0 Å². The maximum Gasteiger partial charge on any atom is 0.462 e. The summed E-state index contributed by atoms with van der Waals surface area (Å²) in [5.41, 5.74) is 4.95. The van der Waals surface area contributed by atoms with Gasteiger partial charge in [-0.1, -0.05) is 78.3 Å². The van der Waals surface area contributed by atoms with Crippen molar-refractivity contribution in [3.8, 4) is 0 Å². The molecule has 2 aromatic carbocycles. The highest BCUT2D eigenvalue weighted by Gasteiger charge is 2.50. The lowest BCUT2D eigenvalue weighted by Gasteiger charge is -2.32. The SMILES string of the molecule is CCc1cccc(CB2OC(C)(C)C(C)(C)O2)c1.CCc1cccc(CBr)c1. The number of halogens is 1. The standard InChI is InChI=1S/C15H23BO2.C9H11Br/c1-6-12-8-7-9-13(10-12)11-16-17-14(2,3)15(4,5)18-16;1-2-8-4-3-5-9(6-8)7-10/h7-10H,6,11H2,1-5H3;3-6H,2,7H2,1H3. The molecule has 28 heavy (non-hydrogen) atoms. The van der Waals surface area contributed by atoms with Crippen molar-refractivity contribution in [2.45, 2.75) is 77.2 Å². The quantitative estimate of drug-likeness (QED) is 0.383. The molecular formula is C24H34BBrO2. The number of benzene rings is 2. The van der Waals surface area contributed by atoms with Crippen molar-refractivity contribution in [2.75, 3.05) is 0 Å². The first-order valence-electron chi connectivity index (χ1n) is 10.3. The maximum atomic E-state index is 6.02. The van der Waals surface area contributed by atoms with E-state index in [1.165, 1.54) is 22.3 Å². The number of hydrogen-bond donors (Lipinski definition) is 0. The van der Waals surface area contributed by atoms with Crippen LogP contribution < -0.4 is 0 Å². The van der Waals surface area contributed by atoms with Crippen LogP contribution in [-0.4, -0.2) is 18.3 Å². The molecule has 1 fully saturated rings. The van der Waals surface area contributed by atoms with Crippen LogP contribution in [-0.2, 0) is 33.8 Å². The van der Waals surface area contributed by atoms with E-state index in [0.29, 0.717) is 0 Å². The number of hydrogen-bond acceptors (Lipinski definition) is 2. The molecule has 1 saturated heterocycles. The van der Waals surface area contributed by atoms with Gasteiger partial charge in [-0.3, -0.25) is 0 Å². The molecule has 0 spiro atoms. The topological polar surface area (TPSA) is 18.5 Å². The van der Waals surface area contributed by atoms with Gasteiger partial charge in [-0.15, -0.1) is 0 Å². The largest absolute Gasteiger partial charge is 0.462 e. The molecule has 0 saturated carbocycles. The second-order valence-corrected chi connectivity index (χ2v) is 8.93. The van der Waals surface area contributed by atoms with Gasteiger partial charge in [0, 0.05) is 11.7 Å². The Morgan fingerprint density at radius 3 is 1.64 bits per heavy atom. The van der Waals surface area contributed by atoms with Crippen molar-refractivity contribution >= 4 is 23.0 Å². The Morgan fingerprint density at radius 2 is 1.18 bits per heavy atom. The van der Waals surface area contributed by atoms with Crippen LogP contribution in [0.3, 0.4) is 0 Å². The van der Waals surface area contributed by atoms with Crippen LogP contribution in [0.4, 0.5) is 0 Å². The highest BCUT2D eigenvalue weighted by Crippen LogP contribution is 2.37. The predicted octanol–water partition coefficient (Wildman–Crippen LogP) is 6.57. The Hall–Kier alpha value is -1.10. The van der Waals surface area contributed by atoms with Gasteiger partial charge in [-0.2, -0.15) is 0 Å². The summed E-state index contributed by atoms with van der Waals surface area (Å²) in [7, 11) is -0.137. The zero-order valence-corrected chi connectivity index (χ0v) is 19.8. The molecule has 0 unspecified atom stereocenters. The molecule has 0 amide bonds. The van der Waals surface area contributed by atoms with E-state index >= 15 is 0 Å². The molecule has 0 radical (unpaired) electrons. The van der Waals surface area contributed by atoms with E-state index in [1.807, 2.05) is 0 Å². The highest BCUT2D eigenvalue weighted by atomic mass is 79.9. The van der Waals surface area contributed by atoms with Crippen molar-refractivity contribution in [1.82, 2.24) is 0 Å². The summed E-state index contributed by atoms with van der Waals surface area (Å²) in [4.78, 5) is 0. The van der Waals surface area contributed by atoms with Crippen molar-refractivity contribution in [3.05, 3.63) is 70.8 Å². The maximum absolute atomic E-state index is 6.02. The second kappa shape index (κ2) is 10.1. The van der Waals surface area contributed by atoms with Crippen LogP contribution in [0.25, 0.3) is 0 Å². The molecule has 0 aliphatic carbocycles. The van der Waals surface area contributed by atoms with E-state index in [9.17, 15) is 0 Å². The second-order valence-electron chi connectivity index (χ2n) is 8.37. The van der Waals surface area contributed by atoms with E-state index in [0.717, 1.165) is 24.5 Å². The minimum Gasteiger partial charge on any atom is -0.403 e. The van der Waals surface area contributed by atoms with Gasteiger partial charge in [-0.05, 0) is 62.8 Å². The zero-order valence-electron chi connectivity index (χ0n) is 18.2. The van der Waals surface area contributed by atoms with E-state index in [4.69, 9.17) is 9.31 Å². The van der Waals surface area contributed by atoms with Gasteiger partial charge in [0.05, 0.1) is 11.2 Å². The van der Waals surface area contributed by atoms with Crippen LogP contribution in [0.15, 0.2) is 48.5 Å². The number of alkyl halides is 1. The molecule has 0 bridgehead atoms. The number of aryl methyl sites for hydroxylation is 2. The van der Waals surface area contributed by atoms with Crippen LogP contribution in [0, 0.1) is 0 Å². The van der Waals surface area contributed by atoms with Crippen molar-refractivity contribution < 1.29 is 9.31 Å². The molecule has 1 aliphatic heterocycles. The first kappa shape index (κ1) is 23.2. The lowest BCUT2D eigenvalue weighted by Crippen LogP contribution is -2.41.